The number of para-hydroxylation sites is 1. The maximum absolute atomic E-state index is 6.47. The molecule has 2 aromatic carbocycles. The quantitative estimate of drug-likeness (QED) is 0.646. The van der Waals surface area contributed by atoms with Crippen LogP contribution in [-0.2, 0) is 6.54 Å². The van der Waals surface area contributed by atoms with Crippen LogP contribution in [0, 0.1) is 0 Å². The molecular formula is C19H22Cl3N3S. The fourth-order valence-electron chi connectivity index (χ4n) is 3.35. The highest BCUT2D eigenvalue weighted by Gasteiger charge is 2.28. The van der Waals surface area contributed by atoms with Gasteiger partial charge in [-0.25, -0.2) is 0 Å². The maximum Gasteiger partial charge on any atom is 0.170 e. The third kappa shape index (κ3) is 4.62. The molecule has 0 saturated heterocycles. The summed E-state index contributed by atoms with van der Waals surface area (Å²) < 4.78 is 0. The summed E-state index contributed by atoms with van der Waals surface area (Å²) in [6.07, 6.45) is 0. The van der Waals surface area contributed by atoms with Gasteiger partial charge >= 0.3 is 0 Å². The Hall–Kier alpha value is -1.04. The summed E-state index contributed by atoms with van der Waals surface area (Å²) in [5.74, 6) is 0.179. The van der Waals surface area contributed by atoms with Crippen LogP contribution in [0.3, 0.4) is 0 Å². The van der Waals surface area contributed by atoms with Crippen molar-refractivity contribution in [3.63, 3.8) is 0 Å². The molecule has 7 heteroatoms. The molecule has 3 nitrogen and oxygen atoms in total. The number of hydrogen-bond acceptors (Lipinski definition) is 2. The smallest absolute Gasteiger partial charge is 0.170 e. The molecule has 140 valence electrons. The largest absolute Gasteiger partial charge is 0.363 e. The number of benzene rings is 2. The third-order valence-corrected chi connectivity index (χ3v) is 5.22. The Morgan fingerprint density at radius 3 is 2.69 bits per heavy atom. The predicted octanol–water partition coefficient (Wildman–Crippen LogP) is 5.30. The Labute approximate surface area is 176 Å². The summed E-state index contributed by atoms with van der Waals surface area (Å²) in [4.78, 5) is 2.28. The van der Waals surface area contributed by atoms with Crippen LogP contribution < -0.4 is 10.6 Å². The van der Waals surface area contributed by atoms with E-state index in [0.29, 0.717) is 10.1 Å². The minimum Gasteiger partial charge on any atom is -0.363 e. The van der Waals surface area contributed by atoms with E-state index in [0.717, 1.165) is 35.9 Å². The lowest BCUT2D eigenvalue weighted by molar-refractivity contribution is 0.295. The van der Waals surface area contributed by atoms with E-state index in [1.807, 2.05) is 25.1 Å². The van der Waals surface area contributed by atoms with Crippen molar-refractivity contribution >= 4 is 58.6 Å². The van der Waals surface area contributed by atoms with E-state index in [2.05, 4.69) is 40.8 Å². The highest BCUT2D eigenvalue weighted by Crippen LogP contribution is 2.40. The van der Waals surface area contributed by atoms with Gasteiger partial charge in [0.15, 0.2) is 5.11 Å². The summed E-state index contributed by atoms with van der Waals surface area (Å²) in [6.45, 7) is 4.54. The molecule has 2 aromatic rings. The van der Waals surface area contributed by atoms with Crippen LogP contribution in [0.1, 0.15) is 29.5 Å². The van der Waals surface area contributed by atoms with Gasteiger partial charge in [0.2, 0.25) is 0 Å². The molecule has 0 aliphatic carbocycles. The zero-order chi connectivity index (χ0) is 18.0. The molecule has 3 rings (SSSR count). The van der Waals surface area contributed by atoms with Crippen LogP contribution in [0.4, 0.5) is 5.69 Å². The van der Waals surface area contributed by atoms with Gasteiger partial charge in [-0.15, -0.1) is 12.4 Å². The number of nitrogens with zero attached hydrogens (tertiary/aromatic N) is 1. The SMILES string of the molecule is CCNC(=S)Nc1ccccc1C1CN(C)Cc2c(Cl)cc(Cl)cc21.Cl. The van der Waals surface area contributed by atoms with Crippen molar-refractivity contribution in [3.8, 4) is 0 Å². The molecule has 0 bridgehead atoms. The zero-order valence-electron chi connectivity index (χ0n) is 14.7. The first-order valence-electron chi connectivity index (χ1n) is 8.29. The van der Waals surface area contributed by atoms with Gasteiger partial charge in [0, 0.05) is 41.3 Å². The van der Waals surface area contributed by atoms with Crippen molar-refractivity contribution < 1.29 is 0 Å². The average molecular weight is 431 g/mol. The van der Waals surface area contributed by atoms with Gasteiger partial charge in [-0.3, -0.25) is 0 Å². The lowest BCUT2D eigenvalue weighted by atomic mass is 9.84. The summed E-state index contributed by atoms with van der Waals surface area (Å²) in [6, 6.07) is 12.1. The van der Waals surface area contributed by atoms with Crippen molar-refractivity contribution in [2.24, 2.45) is 0 Å². The van der Waals surface area contributed by atoms with Gasteiger partial charge < -0.3 is 15.5 Å². The number of anilines is 1. The van der Waals surface area contributed by atoms with Crippen molar-refractivity contribution in [2.75, 3.05) is 25.5 Å². The first-order valence-corrected chi connectivity index (χ1v) is 9.46. The lowest BCUT2D eigenvalue weighted by Crippen LogP contribution is -2.32. The van der Waals surface area contributed by atoms with Crippen molar-refractivity contribution in [3.05, 3.63) is 63.1 Å². The zero-order valence-corrected chi connectivity index (χ0v) is 17.8. The molecular weight excluding hydrogens is 409 g/mol. The molecule has 1 aliphatic rings. The molecule has 1 atom stereocenters. The molecule has 26 heavy (non-hydrogen) atoms. The van der Waals surface area contributed by atoms with Crippen LogP contribution in [0.15, 0.2) is 36.4 Å². The maximum atomic E-state index is 6.47. The predicted molar refractivity (Wildman–Crippen MR) is 118 cm³/mol. The second kappa shape index (κ2) is 9.25. The summed E-state index contributed by atoms with van der Waals surface area (Å²) >= 11 is 18.1. The number of nitrogens with one attached hydrogen (secondary N) is 2. The summed E-state index contributed by atoms with van der Waals surface area (Å²) in [5.41, 5.74) is 4.54. The van der Waals surface area contributed by atoms with Gasteiger partial charge in [0.25, 0.3) is 0 Å². The van der Waals surface area contributed by atoms with Crippen LogP contribution in [0.5, 0.6) is 0 Å². The fourth-order valence-corrected chi connectivity index (χ4v) is 4.18. The molecule has 1 aliphatic heterocycles. The summed E-state index contributed by atoms with van der Waals surface area (Å²) in [5, 5.41) is 8.49. The van der Waals surface area contributed by atoms with Gasteiger partial charge in [-0.05, 0) is 61.1 Å². The second-order valence-electron chi connectivity index (χ2n) is 6.28. The van der Waals surface area contributed by atoms with Gasteiger partial charge in [-0.2, -0.15) is 0 Å². The highest BCUT2D eigenvalue weighted by molar-refractivity contribution is 7.80. The molecule has 2 N–H and O–H groups in total. The van der Waals surface area contributed by atoms with Crippen molar-refractivity contribution in [1.29, 1.82) is 0 Å². The monoisotopic (exact) mass is 429 g/mol. The van der Waals surface area contributed by atoms with Crippen LogP contribution in [0.25, 0.3) is 0 Å². The number of rotatable bonds is 3. The van der Waals surface area contributed by atoms with E-state index in [1.165, 1.54) is 11.1 Å². The van der Waals surface area contributed by atoms with E-state index in [-0.39, 0.29) is 18.3 Å². The van der Waals surface area contributed by atoms with Gasteiger partial charge in [0.1, 0.15) is 0 Å². The van der Waals surface area contributed by atoms with Crippen LogP contribution in [0.2, 0.25) is 10.0 Å². The van der Waals surface area contributed by atoms with Gasteiger partial charge in [-0.1, -0.05) is 41.4 Å². The fraction of sp³-hybridized carbons (Fsp3) is 0.316. The van der Waals surface area contributed by atoms with Crippen LogP contribution >= 0.6 is 47.8 Å². The molecule has 0 amide bonds. The molecule has 1 unspecified atom stereocenters. The number of likely N-dealkylation sites (N-methyl/N-ethyl adjacent to an activating group) is 1. The Morgan fingerprint density at radius 2 is 1.96 bits per heavy atom. The lowest BCUT2D eigenvalue weighted by Gasteiger charge is -2.34. The van der Waals surface area contributed by atoms with Crippen LogP contribution in [-0.4, -0.2) is 30.1 Å². The normalized spacial score (nSPS) is 16.4. The van der Waals surface area contributed by atoms with Crippen molar-refractivity contribution in [1.82, 2.24) is 10.2 Å². The minimum absolute atomic E-state index is 0. The molecule has 0 radical (unpaired) electrons. The molecule has 0 spiro atoms. The second-order valence-corrected chi connectivity index (χ2v) is 7.53. The van der Waals surface area contributed by atoms with E-state index in [4.69, 9.17) is 35.4 Å². The Balaban J connectivity index is 0.00000243. The van der Waals surface area contributed by atoms with E-state index < -0.39 is 0 Å². The van der Waals surface area contributed by atoms with Gasteiger partial charge in [0.05, 0.1) is 0 Å². The van der Waals surface area contributed by atoms with E-state index >= 15 is 0 Å². The highest BCUT2D eigenvalue weighted by atomic mass is 35.5. The molecule has 0 aromatic heterocycles. The third-order valence-electron chi connectivity index (χ3n) is 4.41. The molecule has 0 fully saturated rings. The first kappa shape index (κ1) is 21.3. The first-order chi connectivity index (χ1) is 12.0. The minimum atomic E-state index is 0. The summed E-state index contributed by atoms with van der Waals surface area (Å²) in [7, 11) is 2.11. The average Bonchev–Trinajstić information content (AvgIpc) is 2.56. The van der Waals surface area contributed by atoms with E-state index in [9.17, 15) is 0 Å². The number of fused-ring (bicyclic) bond motifs is 1. The van der Waals surface area contributed by atoms with E-state index in [1.54, 1.807) is 0 Å². The molecule has 0 saturated carbocycles. The Kier molecular flexibility index (Phi) is 7.56. The Bertz CT molecular complexity index is 798. The standard InChI is InChI=1S/C19H21Cl2N3S.ClH/c1-3-22-19(25)23-18-7-5-4-6-13(18)15-10-24(2)11-16-14(15)8-12(20)9-17(16)21;/h4-9,15H,3,10-11H2,1-2H3,(H2,22,23,25);1H. The topological polar surface area (TPSA) is 27.3 Å². The van der Waals surface area contributed by atoms with Crippen molar-refractivity contribution in [2.45, 2.75) is 19.4 Å². The number of halogens is 3. The molecule has 1 heterocycles. The number of thiocarbonyl (C=S) groups is 1. The Morgan fingerprint density at radius 1 is 1.23 bits per heavy atom. The number of hydrogen-bond donors (Lipinski definition) is 2.